The van der Waals surface area contributed by atoms with Crippen molar-refractivity contribution in [3.05, 3.63) is 69.3 Å². The minimum absolute atomic E-state index is 0.221. The molecule has 1 heterocycles. The van der Waals surface area contributed by atoms with Crippen LogP contribution >= 0.6 is 28.1 Å². The van der Waals surface area contributed by atoms with Gasteiger partial charge >= 0.3 is 11.9 Å². The summed E-state index contributed by atoms with van der Waals surface area (Å²) in [5, 5.41) is 10.3. The molecule has 0 spiro atoms. The highest BCUT2D eigenvalue weighted by Crippen LogP contribution is 2.33. The van der Waals surface area contributed by atoms with Crippen LogP contribution in [0, 0.1) is 0 Å². The number of hydrazone groups is 1. The van der Waals surface area contributed by atoms with Gasteiger partial charge in [0.05, 0.1) is 28.9 Å². The molecule has 12 heteroatoms. The van der Waals surface area contributed by atoms with E-state index in [0.717, 1.165) is 0 Å². The number of nitrogens with zero attached hydrogens (tertiary/aromatic N) is 1. The number of esters is 2. The van der Waals surface area contributed by atoms with Gasteiger partial charge in [0, 0.05) is 18.2 Å². The van der Waals surface area contributed by atoms with Gasteiger partial charge in [-0.2, -0.15) is 5.10 Å². The summed E-state index contributed by atoms with van der Waals surface area (Å²) in [5.41, 5.74) is 4.61. The maximum atomic E-state index is 12.6. The Labute approximate surface area is 227 Å². The molecule has 0 radical (unpaired) electrons. The monoisotopic (exact) mass is 588 g/mol. The number of carbonyl (C=O) groups excluding carboxylic acids is 3. The molecule has 194 valence electrons. The molecule has 2 aromatic carbocycles. The lowest BCUT2D eigenvalue weighted by molar-refractivity contribution is -0.139. The number of benzene rings is 2. The predicted molar refractivity (Wildman–Crippen MR) is 144 cm³/mol. The molecule has 0 aromatic heterocycles. The van der Waals surface area contributed by atoms with Gasteiger partial charge in [-0.1, -0.05) is 18.2 Å². The average molecular weight is 589 g/mol. The fourth-order valence-electron chi connectivity index (χ4n) is 3.45. The summed E-state index contributed by atoms with van der Waals surface area (Å²) in [6.45, 7) is 4.68. The van der Waals surface area contributed by atoms with Crippen LogP contribution in [0.5, 0.6) is 11.5 Å². The van der Waals surface area contributed by atoms with Gasteiger partial charge in [0.15, 0.2) is 11.7 Å². The van der Waals surface area contributed by atoms with E-state index in [4.69, 9.17) is 26.4 Å². The number of rotatable bonds is 9. The predicted octanol–water partition coefficient (Wildman–Crippen LogP) is 3.26. The fourth-order valence-corrected chi connectivity index (χ4v) is 4.19. The summed E-state index contributed by atoms with van der Waals surface area (Å²) in [7, 11) is 0. The van der Waals surface area contributed by atoms with Gasteiger partial charge in [-0.25, -0.2) is 10.2 Å². The summed E-state index contributed by atoms with van der Waals surface area (Å²) >= 11 is 8.60. The van der Waals surface area contributed by atoms with E-state index in [2.05, 4.69) is 37.1 Å². The molecule has 0 saturated carbocycles. The number of thiocarbonyl (C=S) groups is 1. The van der Waals surface area contributed by atoms with Gasteiger partial charge < -0.3 is 24.8 Å². The molecule has 1 atom stereocenters. The van der Waals surface area contributed by atoms with E-state index in [1.807, 2.05) is 0 Å². The lowest BCUT2D eigenvalue weighted by Crippen LogP contribution is -2.45. The normalized spacial score (nSPS) is 15.0. The van der Waals surface area contributed by atoms with Gasteiger partial charge in [0.2, 0.25) is 0 Å². The van der Waals surface area contributed by atoms with Crippen molar-refractivity contribution in [3.8, 4) is 11.5 Å². The molecular weight excluding hydrogens is 564 g/mol. The maximum absolute atomic E-state index is 12.6. The number of hydrogen-bond acceptors (Lipinski definition) is 8. The summed E-state index contributed by atoms with van der Waals surface area (Å²) < 4.78 is 16.6. The van der Waals surface area contributed by atoms with Crippen molar-refractivity contribution >= 4 is 57.3 Å². The van der Waals surface area contributed by atoms with Crippen molar-refractivity contribution in [1.29, 1.82) is 0 Å². The molecule has 0 unspecified atom stereocenters. The van der Waals surface area contributed by atoms with E-state index in [9.17, 15) is 14.4 Å². The molecular formula is C25H25BrN4O6S. The van der Waals surface area contributed by atoms with Crippen molar-refractivity contribution in [2.75, 3.05) is 13.2 Å². The smallest absolute Gasteiger partial charge is 0.338 e. The van der Waals surface area contributed by atoms with E-state index in [1.54, 1.807) is 56.3 Å². The molecule has 3 rings (SSSR count). The van der Waals surface area contributed by atoms with Crippen molar-refractivity contribution < 1.29 is 28.6 Å². The molecule has 1 aliphatic rings. The van der Waals surface area contributed by atoms with E-state index in [0.29, 0.717) is 43.5 Å². The highest BCUT2D eigenvalue weighted by Gasteiger charge is 2.32. The van der Waals surface area contributed by atoms with Crippen LogP contribution in [0.15, 0.2) is 63.3 Å². The number of amides is 1. The number of halogens is 1. The van der Waals surface area contributed by atoms with Crippen LogP contribution in [-0.2, 0) is 19.1 Å². The summed E-state index contributed by atoms with van der Waals surface area (Å²) in [6, 6.07) is 11.4. The van der Waals surface area contributed by atoms with Gasteiger partial charge in [0.25, 0.3) is 5.91 Å². The maximum Gasteiger partial charge on any atom is 0.338 e. The van der Waals surface area contributed by atoms with Crippen molar-refractivity contribution in [1.82, 2.24) is 16.1 Å². The second kappa shape index (κ2) is 13.0. The third-order valence-electron chi connectivity index (χ3n) is 4.97. The van der Waals surface area contributed by atoms with E-state index in [1.165, 1.54) is 13.1 Å². The van der Waals surface area contributed by atoms with Gasteiger partial charge in [0.1, 0.15) is 11.5 Å². The van der Waals surface area contributed by atoms with Crippen LogP contribution in [0.4, 0.5) is 0 Å². The zero-order valence-corrected chi connectivity index (χ0v) is 22.7. The third-order valence-corrected chi connectivity index (χ3v) is 5.81. The molecule has 37 heavy (non-hydrogen) atoms. The highest BCUT2D eigenvalue weighted by atomic mass is 79.9. The molecule has 3 N–H and O–H groups in total. The Morgan fingerprint density at radius 1 is 1.19 bits per heavy atom. The number of para-hydroxylation sites is 1. The van der Waals surface area contributed by atoms with E-state index >= 15 is 0 Å². The van der Waals surface area contributed by atoms with Crippen molar-refractivity contribution in [2.24, 2.45) is 5.10 Å². The number of hydrogen-bond donors (Lipinski definition) is 3. The minimum atomic E-state index is -0.626. The van der Waals surface area contributed by atoms with Crippen LogP contribution in [0.3, 0.4) is 0 Å². The first-order valence-electron chi connectivity index (χ1n) is 11.2. The Bertz CT molecular complexity index is 1280. The largest absolute Gasteiger partial charge is 0.483 e. The molecule has 0 saturated heterocycles. The average Bonchev–Trinajstić information content (AvgIpc) is 2.84. The van der Waals surface area contributed by atoms with Crippen LogP contribution in [0.2, 0.25) is 0 Å². The van der Waals surface area contributed by atoms with Gasteiger partial charge in [-0.15, -0.1) is 0 Å². The lowest BCUT2D eigenvalue weighted by atomic mass is 9.95. The lowest BCUT2D eigenvalue weighted by Gasteiger charge is -2.30. The molecule has 10 nitrogen and oxygen atoms in total. The molecule has 2 aromatic rings. The Balaban J connectivity index is 1.67. The Morgan fingerprint density at radius 3 is 2.65 bits per heavy atom. The van der Waals surface area contributed by atoms with Gasteiger partial charge in [-0.05, 0) is 71.8 Å². The SMILES string of the molecule is CCOC(=O)C1=C(C)NC(=S)N[C@H]1c1ccccc1OCC(=O)NN=Cc1ccc(OC(C)=O)c(Br)c1. The number of ether oxygens (including phenoxy) is 3. The van der Waals surface area contributed by atoms with Crippen LogP contribution < -0.4 is 25.5 Å². The summed E-state index contributed by atoms with van der Waals surface area (Å²) in [5.74, 6) is -0.642. The van der Waals surface area contributed by atoms with Crippen LogP contribution in [0.1, 0.15) is 37.9 Å². The number of carbonyl (C=O) groups is 3. The second-order valence-electron chi connectivity index (χ2n) is 7.69. The summed E-state index contributed by atoms with van der Waals surface area (Å²) in [4.78, 5) is 36.1. The van der Waals surface area contributed by atoms with Gasteiger partial charge in [-0.3, -0.25) is 9.59 Å². The topological polar surface area (TPSA) is 127 Å². The minimum Gasteiger partial charge on any atom is -0.483 e. The molecule has 1 amide bonds. The second-order valence-corrected chi connectivity index (χ2v) is 8.96. The number of nitrogens with one attached hydrogen (secondary N) is 3. The third kappa shape index (κ3) is 7.61. The van der Waals surface area contributed by atoms with Crippen LogP contribution in [0.25, 0.3) is 0 Å². The van der Waals surface area contributed by atoms with E-state index < -0.39 is 23.9 Å². The molecule has 0 fully saturated rings. The fraction of sp³-hybridized carbons (Fsp3) is 0.240. The van der Waals surface area contributed by atoms with Crippen molar-refractivity contribution in [3.63, 3.8) is 0 Å². The Hall–Kier alpha value is -3.77. The standard InChI is InChI=1S/C25H25BrN4O6S/c1-4-34-24(33)22-14(2)28-25(37)29-23(22)17-7-5-6-8-19(17)35-13-21(32)30-27-12-16-9-10-20(18(26)11-16)36-15(3)31/h5-12,23H,4,13H2,1-3H3,(H,30,32)(H2,28,29,37)/t23-/m0/s1. The first kappa shape index (κ1) is 27.8. The molecule has 0 bridgehead atoms. The molecule has 1 aliphatic heterocycles. The Kier molecular flexibility index (Phi) is 9.75. The first-order valence-corrected chi connectivity index (χ1v) is 12.4. The quantitative estimate of drug-likeness (QED) is 0.133. The zero-order valence-electron chi connectivity index (χ0n) is 20.3. The highest BCUT2D eigenvalue weighted by molar-refractivity contribution is 9.10. The van der Waals surface area contributed by atoms with E-state index in [-0.39, 0.29) is 13.2 Å². The Morgan fingerprint density at radius 2 is 1.95 bits per heavy atom. The first-order chi connectivity index (χ1) is 17.7. The zero-order chi connectivity index (χ0) is 26.9. The van der Waals surface area contributed by atoms with Crippen LogP contribution in [-0.4, -0.2) is 42.4 Å². The molecule has 0 aliphatic carbocycles. The van der Waals surface area contributed by atoms with Crippen molar-refractivity contribution in [2.45, 2.75) is 26.8 Å². The number of allylic oxidation sites excluding steroid dienone is 1. The summed E-state index contributed by atoms with van der Waals surface area (Å²) in [6.07, 6.45) is 1.44.